The second-order valence-electron chi connectivity index (χ2n) is 4.16. The number of benzene rings is 1. The van der Waals surface area contributed by atoms with Crippen molar-refractivity contribution in [2.24, 2.45) is 0 Å². The van der Waals surface area contributed by atoms with Gasteiger partial charge in [-0.15, -0.1) is 0 Å². The van der Waals surface area contributed by atoms with Crippen molar-refractivity contribution >= 4 is 17.9 Å². The molecule has 0 spiro atoms. The van der Waals surface area contributed by atoms with Crippen molar-refractivity contribution in [1.82, 2.24) is 10.9 Å². The molecule has 2 N–H and O–H groups in total. The number of aryl methyl sites for hydroxylation is 1. The molecule has 0 atom stereocenters. The number of amides is 2. The van der Waals surface area contributed by atoms with Gasteiger partial charge in [0.2, 0.25) is 0 Å². The van der Waals surface area contributed by atoms with Gasteiger partial charge in [0.05, 0.1) is 6.26 Å². The number of carbonyl (C=O) groups excluding carboxylic acids is 2. The molecule has 0 bridgehead atoms. The van der Waals surface area contributed by atoms with Crippen LogP contribution in [0.4, 0.5) is 0 Å². The van der Waals surface area contributed by atoms with Gasteiger partial charge in [-0.25, -0.2) is 0 Å². The van der Waals surface area contributed by atoms with E-state index in [0.717, 1.165) is 5.56 Å². The second kappa shape index (κ2) is 6.38. The Bertz CT molecular complexity index is 613. The summed E-state index contributed by atoms with van der Waals surface area (Å²) in [5, 5.41) is 0. The van der Waals surface area contributed by atoms with Crippen molar-refractivity contribution < 1.29 is 14.0 Å². The van der Waals surface area contributed by atoms with E-state index >= 15 is 0 Å². The smallest absolute Gasteiger partial charge is 0.269 e. The third kappa shape index (κ3) is 3.84. The summed E-state index contributed by atoms with van der Waals surface area (Å²) in [7, 11) is 0. The maximum Gasteiger partial charge on any atom is 0.269 e. The number of carbonyl (C=O) groups is 2. The lowest BCUT2D eigenvalue weighted by molar-refractivity contribution is -0.117. The van der Waals surface area contributed by atoms with E-state index in [0.29, 0.717) is 11.3 Å². The van der Waals surface area contributed by atoms with Crippen LogP contribution >= 0.6 is 0 Å². The van der Waals surface area contributed by atoms with Crippen LogP contribution in [0.2, 0.25) is 0 Å². The van der Waals surface area contributed by atoms with Gasteiger partial charge in [-0.05, 0) is 37.3 Å². The monoisotopic (exact) mass is 270 g/mol. The van der Waals surface area contributed by atoms with Gasteiger partial charge in [0, 0.05) is 11.6 Å². The van der Waals surface area contributed by atoms with Crippen molar-refractivity contribution in [1.29, 1.82) is 0 Å². The highest BCUT2D eigenvalue weighted by atomic mass is 16.3. The first kappa shape index (κ1) is 13.6. The fourth-order valence-electron chi connectivity index (χ4n) is 1.48. The molecule has 0 aliphatic heterocycles. The molecule has 1 heterocycles. The zero-order chi connectivity index (χ0) is 14.4. The predicted octanol–water partition coefficient (Wildman–Crippen LogP) is 2.06. The molecule has 102 valence electrons. The molecular weight excluding hydrogens is 256 g/mol. The van der Waals surface area contributed by atoms with Crippen LogP contribution in [0, 0.1) is 6.92 Å². The van der Waals surface area contributed by atoms with Gasteiger partial charge in [0.1, 0.15) is 5.76 Å². The van der Waals surface area contributed by atoms with Gasteiger partial charge in [-0.2, -0.15) is 0 Å². The molecule has 2 rings (SSSR count). The molecule has 0 unspecified atom stereocenters. The molecule has 0 saturated heterocycles. The highest BCUT2D eigenvalue weighted by Gasteiger charge is 2.05. The number of rotatable bonds is 3. The SMILES string of the molecule is Cc1ccc(C(=O)NNC(=O)C=Cc2ccco2)cc1. The zero-order valence-electron chi connectivity index (χ0n) is 10.9. The summed E-state index contributed by atoms with van der Waals surface area (Å²) in [6.07, 6.45) is 4.29. The van der Waals surface area contributed by atoms with E-state index in [-0.39, 0.29) is 5.91 Å². The minimum Gasteiger partial charge on any atom is -0.465 e. The Kier molecular flexibility index (Phi) is 4.34. The largest absolute Gasteiger partial charge is 0.465 e. The van der Waals surface area contributed by atoms with Crippen molar-refractivity contribution in [2.45, 2.75) is 6.92 Å². The van der Waals surface area contributed by atoms with E-state index in [4.69, 9.17) is 4.42 Å². The first-order chi connectivity index (χ1) is 9.65. The van der Waals surface area contributed by atoms with E-state index in [1.54, 1.807) is 24.3 Å². The Labute approximate surface area is 116 Å². The van der Waals surface area contributed by atoms with Crippen molar-refractivity contribution in [3.8, 4) is 0 Å². The lowest BCUT2D eigenvalue weighted by Gasteiger charge is -2.05. The average Bonchev–Trinajstić information content (AvgIpc) is 2.96. The Morgan fingerprint density at radius 1 is 1.10 bits per heavy atom. The molecule has 0 fully saturated rings. The van der Waals surface area contributed by atoms with E-state index in [2.05, 4.69) is 10.9 Å². The van der Waals surface area contributed by atoms with Crippen LogP contribution < -0.4 is 10.9 Å². The standard InChI is InChI=1S/C15H14N2O3/c1-11-4-6-12(7-5-11)15(19)17-16-14(18)9-8-13-3-2-10-20-13/h2-10H,1H3,(H,16,18)(H,17,19). The zero-order valence-corrected chi connectivity index (χ0v) is 10.9. The molecule has 1 aromatic heterocycles. The summed E-state index contributed by atoms with van der Waals surface area (Å²) in [6, 6.07) is 10.5. The Hall–Kier alpha value is -2.82. The first-order valence-electron chi connectivity index (χ1n) is 6.04. The average molecular weight is 270 g/mol. The lowest BCUT2D eigenvalue weighted by Crippen LogP contribution is -2.40. The molecule has 5 nitrogen and oxygen atoms in total. The normalized spacial score (nSPS) is 10.4. The summed E-state index contributed by atoms with van der Waals surface area (Å²) in [5.41, 5.74) is 6.16. The molecule has 0 saturated carbocycles. The first-order valence-corrected chi connectivity index (χ1v) is 6.04. The third-order valence-corrected chi connectivity index (χ3v) is 2.56. The maximum atomic E-state index is 11.7. The van der Waals surface area contributed by atoms with Gasteiger partial charge in [-0.1, -0.05) is 17.7 Å². The van der Waals surface area contributed by atoms with Crippen LogP contribution in [0.1, 0.15) is 21.7 Å². The van der Waals surface area contributed by atoms with E-state index in [1.807, 2.05) is 19.1 Å². The third-order valence-electron chi connectivity index (χ3n) is 2.56. The highest BCUT2D eigenvalue weighted by Crippen LogP contribution is 2.03. The van der Waals surface area contributed by atoms with Gasteiger partial charge >= 0.3 is 0 Å². The van der Waals surface area contributed by atoms with Crippen LogP contribution in [-0.4, -0.2) is 11.8 Å². The molecule has 20 heavy (non-hydrogen) atoms. The molecule has 1 aromatic carbocycles. The van der Waals surface area contributed by atoms with Gasteiger partial charge in [0.25, 0.3) is 11.8 Å². The molecule has 0 radical (unpaired) electrons. The fraction of sp³-hybridized carbons (Fsp3) is 0.0667. The molecule has 2 aromatic rings. The van der Waals surface area contributed by atoms with E-state index in [1.165, 1.54) is 18.4 Å². The maximum absolute atomic E-state index is 11.7. The van der Waals surface area contributed by atoms with Crippen LogP contribution in [0.3, 0.4) is 0 Å². The molecule has 2 amide bonds. The number of hydrogen-bond acceptors (Lipinski definition) is 3. The van der Waals surface area contributed by atoms with Crippen LogP contribution in [0.25, 0.3) is 6.08 Å². The number of hydrogen-bond donors (Lipinski definition) is 2. The highest BCUT2D eigenvalue weighted by molar-refractivity contribution is 5.97. The van der Waals surface area contributed by atoms with Gasteiger partial charge in [0.15, 0.2) is 0 Å². The molecule has 0 aliphatic carbocycles. The van der Waals surface area contributed by atoms with Gasteiger partial charge in [-0.3, -0.25) is 20.4 Å². The minimum atomic E-state index is -0.443. The molecule has 0 aliphatic rings. The quantitative estimate of drug-likeness (QED) is 0.662. The predicted molar refractivity (Wildman–Crippen MR) is 74.5 cm³/mol. The summed E-state index contributed by atoms with van der Waals surface area (Å²) in [4.78, 5) is 23.2. The summed E-state index contributed by atoms with van der Waals surface area (Å²) in [5.74, 6) is -0.253. The minimum absolute atomic E-state index is 0.371. The van der Waals surface area contributed by atoms with E-state index < -0.39 is 5.91 Å². The topological polar surface area (TPSA) is 71.3 Å². The van der Waals surface area contributed by atoms with Crippen LogP contribution in [0.5, 0.6) is 0 Å². The fourth-order valence-corrected chi connectivity index (χ4v) is 1.48. The Morgan fingerprint density at radius 2 is 1.85 bits per heavy atom. The van der Waals surface area contributed by atoms with Gasteiger partial charge < -0.3 is 4.42 Å². The number of nitrogens with one attached hydrogen (secondary N) is 2. The van der Waals surface area contributed by atoms with Crippen LogP contribution in [0.15, 0.2) is 53.2 Å². The van der Waals surface area contributed by atoms with Crippen molar-refractivity contribution in [2.75, 3.05) is 0 Å². The number of furan rings is 1. The second-order valence-corrected chi connectivity index (χ2v) is 4.16. The molecular formula is C15H14N2O3. The number of hydrazine groups is 1. The van der Waals surface area contributed by atoms with Crippen LogP contribution in [-0.2, 0) is 4.79 Å². The van der Waals surface area contributed by atoms with E-state index in [9.17, 15) is 9.59 Å². The van der Waals surface area contributed by atoms with Crippen molar-refractivity contribution in [3.63, 3.8) is 0 Å². The summed E-state index contributed by atoms with van der Waals surface area (Å²) >= 11 is 0. The summed E-state index contributed by atoms with van der Waals surface area (Å²) in [6.45, 7) is 1.93. The molecule has 5 heteroatoms. The summed E-state index contributed by atoms with van der Waals surface area (Å²) < 4.78 is 5.04. The Morgan fingerprint density at radius 3 is 2.50 bits per heavy atom. The van der Waals surface area contributed by atoms with Crippen molar-refractivity contribution in [3.05, 3.63) is 65.6 Å². The Balaban J connectivity index is 1.84. The lowest BCUT2D eigenvalue weighted by atomic mass is 10.1.